The van der Waals surface area contributed by atoms with Crippen molar-refractivity contribution in [3.63, 3.8) is 0 Å². The van der Waals surface area contributed by atoms with Gasteiger partial charge in [-0.2, -0.15) is 0 Å². The van der Waals surface area contributed by atoms with Gasteiger partial charge in [-0.25, -0.2) is 19.6 Å². The zero-order valence-electron chi connectivity index (χ0n) is 37.2. The Morgan fingerprint density at radius 3 is 1.88 bits per heavy atom. The molecule has 0 saturated carbocycles. The second kappa shape index (κ2) is 19.0. The Balaban J connectivity index is 0.997. The van der Waals surface area contributed by atoms with E-state index in [1.54, 1.807) is 4.90 Å². The van der Waals surface area contributed by atoms with Gasteiger partial charge in [-0.05, 0) is 104 Å². The summed E-state index contributed by atoms with van der Waals surface area (Å²) in [4.78, 5) is 74.0. The monoisotopic (exact) mass is 891 g/mol. The molecule has 4 aliphatic heterocycles. The SMILES string of the molecule is COC(=O)NCC(=O)N1CCC[C@H]1c1nc2ccc([C@H]3CC[C@H](c4ccc5nc([C@@H]6CCCN6C(=O)C(NC(=O)OC)C(C)C)[nH]c5c4)N3c3ccc(OC4COCOC4)cc3)cc2[nH]1. The molecule has 344 valence electrons. The molecule has 5 aromatic rings. The average Bonchev–Trinajstić information content (AvgIpc) is 4.18. The maximum Gasteiger partial charge on any atom is 0.407 e. The first kappa shape index (κ1) is 43.8. The van der Waals surface area contributed by atoms with Gasteiger partial charge in [-0.1, -0.05) is 26.0 Å². The van der Waals surface area contributed by atoms with Crippen molar-refractivity contribution in [3.8, 4) is 5.75 Å². The number of alkyl carbamates (subject to hydrolysis) is 2. The summed E-state index contributed by atoms with van der Waals surface area (Å²) in [6, 6.07) is 19.8. The summed E-state index contributed by atoms with van der Waals surface area (Å²) in [5, 5.41) is 5.24. The summed E-state index contributed by atoms with van der Waals surface area (Å²) < 4.78 is 26.6. The van der Waals surface area contributed by atoms with Crippen molar-refractivity contribution in [3.05, 3.63) is 83.4 Å². The van der Waals surface area contributed by atoms with E-state index in [0.29, 0.717) is 26.3 Å². The van der Waals surface area contributed by atoms with Crippen LogP contribution in [-0.4, -0.2) is 120 Å². The number of ether oxygens (including phenoxy) is 5. The highest BCUT2D eigenvalue weighted by Crippen LogP contribution is 2.48. The number of benzene rings is 3. The van der Waals surface area contributed by atoms with Crippen molar-refractivity contribution in [2.24, 2.45) is 5.92 Å². The zero-order valence-corrected chi connectivity index (χ0v) is 37.2. The molecule has 2 aromatic heterocycles. The average molecular weight is 892 g/mol. The van der Waals surface area contributed by atoms with E-state index >= 15 is 0 Å². The Labute approximate surface area is 376 Å². The minimum Gasteiger partial charge on any atom is -0.486 e. The normalized spacial score (nSPS) is 21.9. The number of fused-ring (bicyclic) bond motifs is 2. The van der Waals surface area contributed by atoms with Gasteiger partial charge in [0.05, 0.1) is 73.7 Å². The van der Waals surface area contributed by atoms with Crippen molar-refractivity contribution in [1.29, 1.82) is 0 Å². The van der Waals surface area contributed by atoms with Crippen LogP contribution in [0.25, 0.3) is 22.1 Å². The molecule has 4 fully saturated rings. The van der Waals surface area contributed by atoms with E-state index in [0.717, 1.165) is 94.8 Å². The van der Waals surface area contributed by atoms with Crippen LogP contribution in [0.1, 0.15) is 99.3 Å². The largest absolute Gasteiger partial charge is 0.486 e. The fourth-order valence-electron chi connectivity index (χ4n) is 9.94. The Morgan fingerprint density at radius 2 is 1.31 bits per heavy atom. The number of aromatic amines is 2. The number of anilines is 1. The molecule has 0 spiro atoms. The summed E-state index contributed by atoms with van der Waals surface area (Å²) in [5.74, 6) is 1.72. The number of carbonyl (C=O) groups excluding carboxylic acids is 4. The summed E-state index contributed by atoms with van der Waals surface area (Å²) in [5.41, 5.74) is 6.71. The Morgan fingerprint density at radius 1 is 0.738 bits per heavy atom. The van der Waals surface area contributed by atoms with Gasteiger partial charge in [-0.3, -0.25) is 9.59 Å². The summed E-state index contributed by atoms with van der Waals surface area (Å²) in [7, 11) is 2.56. The predicted molar refractivity (Wildman–Crippen MR) is 239 cm³/mol. The summed E-state index contributed by atoms with van der Waals surface area (Å²) in [6.07, 6.45) is 3.48. The molecule has 0 bridgehead atoms. The van der Waals surface area contributed by atoms with Crippen LogP contribution in [-0.2, 0) is 28.5 Å². The second-order valence-corrected chi connectivity index (χ2v) is 17.5. The number of nitrogens with one attached hydrogen (secondary N) is 4. The van der Waals surface area contributed by atoms with Crippen molar-refractivity contribution < 1.29 is 42.9 Å². The quantitative estimate of drug-likeness (QED) is 0.108. The number of methoxy groups -OCH3 is 2. The number of hydrogen-bond donors (Lipinski definition) is 4. The number of carbonyl (C=O) groups is 4. The van der Waals surface area contributed by atoms with Crippen molar-refractivity contribution >= 4 is 51.8 Å². The minimum atomic E-state index is -0.719. The van der Waals surface area contributed by atoms with Gasteiger partial charge in [0.2, 0.25) is 11.8 Å². The number of amides is 4. The fourth-order valence-corrected chi connectivity index (χ4v) is 9.94. The van der Waals surface area contributed by atoms with Crippen molar-refractivity contribution in [2.75, 3.05) is 58.8 Å². The molecule has 4 amide bonds. The maximum atomic E-state index is 13.9. The predicted octanol–water partition coefficient (Wildman–Crippen LogP) is 6.34. The van der Waals surface area contributed by atoms with Crippen molar-refractivity contribution in [2.45, 2.75) is 88.7 Å². The Bertz CT molecular complexity index is 2520. The maximum absolute atomic E-state index is 13.9. The third-order valence-electron chi connectivity index (χ3n) is 13.1. The van der Waals surface area contributed by atoms with Crippen molar-refractivity contribution in [1.82, 2.24) is 40.4 Å². The molecule has 4 N–H and O–H groups in total. The fraction of sp³-hybridized carbons (Fsp3) is 0.489. The molecule has 4 aliphatic rings. The smallest absolute Gasteiger partial charge is 0.407 e. The van der Waals surface area contributed by atoms with Gasteiger partial charge in [0.1, 0.15) is 42.9 Å². The van der Waals surface area contributed by atoms with E-state index in [2.05, 4.69) is 72.7 Å². The highest BCUT2D eigenvalue weighted by atomic mass is 16.7. The number of rotatable bonds is 12. The molecule has 18 heteroatoms. The lowest BCUT2D eigenvalue weighted by atomic mass is 10.0. The molecule has 3 aromatic carbocycles. The van der Waals surface area contributed by atoms with E-state index in [4.69, 9.17) is 28.9 Å². The van der Waals surface area contributed by atoms with E-state index in [1.165, 1.54) is 14.2 Å². The van der Waals surface area contributed by atoms with Crippen LogP contribution in [0, 0.1) is 5.92 Å². The van der Waals surface area contributed by atoms with E-state index < -0.39 is 18.2 Å². The van der Waals surface area contributed by atoms with E-state index in [-0.39, 0.29) is 61.3 Å². The van der Waals surface area contributed by atoms with Gasteiger partial charge in [0, 0.05) is 18.8 Å². The molecule has 6 heterocycles. The summed E-state index contributed by atoms with van der Waals surface area (Å²) >= 11 is 0. The first-order chi connectivity index (χ1) is 31.6. The van der Waals surface area contributed by atoms with Crippen LogP contribution in [0.5, 0.6) is 5.75 Å². The second-order valence-electron chi connectivity index (χ2n) is 17.5. The number of likely N-dealkylation sites (tertiary alicyclic amines) is 2. The highest BCUT2D eigenvalue weighted by molar-refractivity contribution is 5.87. The summed E-state index contributed by atoms with van der Waals surface area (Å²) in [6.45, 7) is 6.03. The van der Waals surface area contributed by atoms with Gasteiger partial charge >= 0.3 is 12.2 Å². The molecule has 65 heavy (non-hydrogen) atoms. The first-order valence-corrected chi connectivity index (χ1v) is 22.5. The molecule has 18 nitrogen and oxygen atoms in total. The molecule has 1 unspecified atom stereocenters. The van der Waals surface area contributed by atoms with E-state index in [1.807, 2.05) is 36.9 Å². The Hall–Kier alpha value is -6.40. The molecular formula is C47H57N9O9. The molecule has 4 saturated heterocycles. The first-order valence-electron chi connectivity index (χ1n) is 22.5. The molecule has 5 atom stereocenters. The minimum absolute atomic E-state index is 0.00787. The topological polar surface area (TPSA) is 206 Å². The molecule has 0 radical (unpaired) electrons. The van der Waals surface area contributed by atoms with Gasteiger partial charge in [0.25, 0.3) is 0 Å². The third kappa shape index (κ3) is 9.14. The molecule has 9 rings (SSSR count). The number of hydrogen-bond acceptors (Lipinski definition) is 12. The van der Waals surface area contributed by atoms with Crippen LogP contribution in [0.4, 0.5) is 15.3 Å². The zero-order chi connectivity index (χ0) is 45.2. The van der Waals surface area contributed by atoms with Crippen LogP contribution < -0.4 is 20.3 Å². The lowest BCUT2D eigenvalue weighted by Gasteiger charge is -2.33. The lowest BCUT2D eigenvalue weighted by Crippen LogP contribution is -2.51. The molecular weight excluding hydrogens is 835 g/mol. The van der Waals surface area contributed by atoms with Gasteiger partial charge in [0.15, 0.2) is 0 Å². The van der Waals surface area contributed by atoms with Crippen LogP contribution in [0.15, 0.2) is 60.7 Å². The van der Waals surface area contributed by atoms with Crippen LogP contribution in [0.3, 0.4) is 0 Å². The van der Waals surface area contributed by atoms with E-state index in [9.17, 15) is 19.2 Å². The number of aromatic nitrogens is 4. The van der Waals surface area contributed by atoms with Gasteiger partial charge in [-0.15, -0.1) is 0 Å². The standard InChI is InChI=1S/C47H57N9O9/c1-27(2)42(53-47(60)62-4)45(58)55-20-6-8-40(55)44-50-34-16-10-29(22-36(34)52-44)38-18-17-37(56(38)30-11-13-31(14-12-30)65-32-24-63-26-64-25-32)28-9-15-33-35(21-28)51-43(49-33)39-7-5-19-54(39)41(57)23-48-46(59)61-3/h9-16,21-22,27,32,37-40,42H,5-8,17-20,23-26H2,1-4H3,(H,48,59)(H,49,51)(H,50,52)(H,53,60)/t37-,38-,39+,40+,42?/m1/s1. The van der Waals surface area contributed by atoms with Crippen LogP contribution in [0.2, 0.25) is 0 Å². The Kier molecular flexibility index (Phi) is 12.8. The number of H-pyrrole nitrogens is 2. The number of nitrogens with zero attached hydrogens (tertiary/aromatic N) is 5. The lowest BCUT2D eigenvalue weighted by molar-refractivity contribution is -0.143. The number of imidazole rings is 2. The van der Waals surface area contributed by atoms with Crippen LogP contribution >= 0.6 is 0 Å². The molecule has 0 aliphatic carbocycles. The third-order valence-corrected chi connectivity index (χ3v) is 13.1. The van der Waals surface area contributed by atoms with Gasteiger partial charge < -0.3 is 59.0 Å². The highest BCUT2D eigenvalue weighted by Gasteiger charge is 2.39.